The van der Waals surface area contributed by atoms with Crippen molar-refractivity contribution in [1.82, 2.24) is 19.6 Å². The van der Waals surface area contributed by atoms with Crippen molar-refractivity contribution < 1.29 is 9.21 Å². The van der Waals surface area contributed by atoms with Crippen molar-refractivity contribution in [3.63, 3.8) is 0 Å². The van der Waals surface area contributed by atoms with Gasteiger partial charge in [-0.2, -0.15) is 4.52 Å². The van der Waals surface area contributed by atoms with Crippen LogP contribution in [0.3, 0.4) is 0 Å². The normalized spacial score (nSPS) is 10.9. The Hall–Kier alpha value is -2.70. The van der Waals surface area contributed by atoms with Crippen molar-refractivity contribution in [1.29, 1.82) is 0 Å². The fourth-order valence-corrected chi connectivity index (χ4v) is 1.96. The predicted octanol–water partition coefficient (Wildman–Crippen LogP) is 1.96. The van der Waals surface area contributed by atoms with Crippen molar-refractivity contribution in [3.05, 3.63) is 29.8 Å². The van der Waals surface area contributed by atoms with E-state index in [0.717, 1.165) is 5.76 Å². The van der Waals surface area contributed by atoms with Crippen LogP contribution in [0.15, 0.2) is 22.6 Å². The third kappa shape index (κ3) is 2.13. The standard InChI is InChI=1S/C13H13N5O2/c1-7-4-5-10(20-7)13-16-11(15-9(3)19)6-12-14-8(2)17-18(12)13/h4-6H,1-3H3,(H,15,19). The molecule has 102 valence electrons. The van der Waals surface area contributed by atoms with Crippen LogP contribution in [0.25, 0.3) is 17.2 Å². The molecule has 0 spiro atoms. The number of aryl methyl sites for hydroxylation is 2. The van der Waals surface area contributed by atoms with Crippen LogP contribution in [0.2, 0.25) is 0 Å². The van der Waals surface area contributed by atoms with E-state index >= 15 is 0 Å². The number of anilines is 1. The molecule has 3 heterocycles. The van der Waals surface area contributed by atoms with Crippen molar-refractivity contribution in [2.24, 2.45) is 0 Å². The van der Waals surface area contributed by atoms with Crippen molar-refractivity contribution in [2.45, 2.75) is 20.8 Å². The maximum atomic E-state index is 11.2. The van der Waals surface area contributed by atoms with Crippen LogP contribution in [0, 0.1) is 13.8 Å². The Kier molecular flexibility index (Phi) is 2.74. The molecule has 3 rings (SSSR count). The summed E-state index contributed by atoms with van der Waals surface area (Å²) in [5.74, 6) is 2.69. The zero-order valence-corrected chi connectivity index (χ0v) is 11.3. The number of nitrogens with one attached hydrogen (secondary N) is 1. The first-order chi connectivity index (χ1) is 9.52. The number of carbonyl (C=O) groups excluding carboxylic acids is 1. The Morgan fingerprint density at radius 1 is 1.30 bits per heavy atom. The molecule has 3 aromatic heterocycles. The van der Waals surface area contributed by atoms with Gasteiger partial charge in [0.2, 0.25) is 11.7 Å². The molecular formula is C13H13N5O2. The Balaban J connectivity index is 2.24. The summed E-state index contributed by atoms with van der Waals surface area (Å²) >= 11 is 0. The van der Waals surface area contributed by atoms with Crippen LogP contribution in [0.4, 0.5) is 5.82 Å². The quantitative estimate of drug-likeness (QED) is 0.770. The summed E-state index contributed by atoms with van der Waals surface area (Å²) in [6.45, 7) is 5.07. The maximum absolute atomic E-state index is 11.2. The minimum atomic E-state index is -0.195. The van der Waals surface area contributed by atoms with E-state index in [-0.39, 0.29) is 5.91 Å². The van der Waals surface area contributed by atoms with E-state index in [2.05, 4.69) is 20.4 Å². The molecule has 0 aliphatic rings. The number of hydrogen-bond acceptors (Lipinski definition) is 5. The third-order valence-corrected chi connectivity index (χ3v) is 2.70. The molecule has 0 radical (unpaired) electrons. The molecule has 0 aromatic carbocycles. The lowest BCUT2D eigenvalue weighted by Gasteiger charge is -2.05. The SMILES string of the molecule is CC(=O)Nc1cc2nc(C)nn2c(-c2ccc(C)o2)n1. The molecule has 20 heavy (non-hydrogen) atoms. The number of rotatable bonds is 2. The van der Waals surface area contributed by atoms with Gasteiger partial charge in [0.15, 0.2) is 11.4 Å². The smallest absolute Gasteiger partial charge is 0.222 e. The molecule has 0 aliphatic carbocycles. The number of furan rings is 1. The molecule has 0 bridgehead atoms. The van der Waals surface area contributed by atoms with Gasteiger partial charge < -0.3 is 9.73 Å². The Bertz CT molecular complexity index is 802. The second-order valence-electron chi connectivity index (χ2n) is 4.49. The summed E-state index contributed by atoms with van der Waals surface area (Å²) in [6.07, 6.45) is 0. The fourth-order valence-electron chi connectivity index (χ4n) is 1.96. The van der Waals surface area contributed by atoms with E-state index in [0.29, 0.717) is 28.9 Å². The molecule has 7 heteroatoms. The molecule has 3 aromatic rings. The highest BCUT2D eigenvalue weighted by Crippen LogP contribution is 2.22. The lowest BCUT2D eigenvalue weighted by molar-refractivity contribution is -0.114. The Morgan fingerprint density at radius 2 is 2.10 bits per heavy atom. The second-order valence-corrected chi connectivity index (χ2v) is 4.49. The molecule has 0 saturated heterocycles. The summed E-state index contributed by atoms with van der Waals surface area (Å²) in [6, 6.07) is 5.32. The number of amides is 1. The van der Waals surface area contributed by atoms with E-state index in [1.807, 2.05) is 19.1 Å². The van der Waals surface area contributed by atoms with Crippen LogP contribution >= 0.6 is 0 Å². The van der Waals surface area contributed by atoms with Crippen molar-refractivity contribution in [3.8, 4) is 11.6 Å². The molecule has 0 unspecified atom stereocenters. The third-order valence-electron chi connectivity index (χ3n) is 2.70. The first-order valence-corrected chi connectivity index (χ1v) is 6.12. The van der Waals surface area contributed by atoms with Crippen LogP contribution in [0.1, 0.15) is 18.5 Å². The highest BCUT2D eigenvalue weighted by Gasteiger charge is 2.14. The monoisotopic (exact) mass is 271 g/mol. The van der Waals surface area contributed by atoms with E-state index < -0.39 is 0 Å². The first kappa shape index (κ1) is 12.3. The number of fused-ring (bicyclic) bond motifs is 1. The average molecular weight is 271 g/mol. The number of nitrogens with zero attached hydrogens (tertiary/aromatic N) is 4. The summed E-state index contributed by atoms with van der Waals surface area (Å²) in [5.41, 5.74) is 0.602. The lowest BCUT2D eigenvalue weighted by Crippen LogP contribution is -2.09. The topological polar surface area (TPSA) is 85.3 Å². The van der Waals surface area contributed by atoms with Gasteiger partial charge in [-0.05, 0) is 26.0 Å². The molecule has 1 amide bonds. The van der Waals surface area contributed by atoms with Gasteiger partial charge >= 0.3 is 0 Å². The molecule has 1 N–H and O–H groups in total. The summed E-state index contributed by atoms with van der Waals surface area (Å²) < 4.78 is 7.18. The molecule has 0 fully saturated rings. The molecule has 0 saturated carbocycles. The molecule has 7 nitrogen and oxygen atoms in total. The average Bonchev–Trinajstić information content (AvgIpc) is 2.92. The van der Waals surface area contributed by atoms with Gasteiger partial charge in [0.25, 0.3) is 0 Å². The molecule has 0 atom stereocenters. The number of aromatic nitrogens is 4. The maximum Gasteiger partial charge on any atom is 0.222 e. The number of hydrogen-bond donors (Lipinski definition) is 1. The zero-order chi connectivity index (χ0) is 14.3. The summed E-state index contributed by atoms with van der Waals surface area (Å²) in [7, 11) is 0. The number of carbonyl (C=O) groups is 1. The van der Waals surface area contributed by atoms with E-state index in [4.69, 9.17) is 4.42 Å². The largest absolute Gasteiger partial charge is 0.458 e. The zero-order valence-electron chi connectivity index (χ0n) is 11.3. The van der Waals surface area contributed by atoms with Crippen molar-refractivity contribution in [2.75, 3.05) is 5.32 Å². The van der Waals surface area contributed by atoms with Crippen LogP contribution in [-0.2, 0) is 4.79 Å². The van der Waals surface area contributed by atoms with Crippen LogP contribution in [-0.4, -0.2) is 25.5 Å². The molecular weight excluding hydrogens is 258 g/mol. The minimum Gasteiger partial charge on any atom is -0.458 e. The first-order valence-electron chi connectivity index (χ1n) is 6.12. The highest BCUT2D eigenvalue weighted by molar-refractivity contribution is 5.88. The highest BCUT2D eigenvalue weighted by atomic mass is 16.3. The Morgan fingerprint density at radius 3 is 2.75 bits per heavy atom. The lowest BCUT2D eigenvalue weighted by atomic mass is 10.4. The fraction of sp³-hybridized carbons (Fsp3) is 0.231. The van der Waals surface area contributed by atoms with Gasteiger partial charge in [-0.15, -0.1) is 5.10 Å². The van der Waals surface area contributed by atoms with Gasteiger partial charge in [-0.3, -0.25) is 4.79 Å². The summed E-state index contributed by atoms with van der Waals surface area (Å²) in [5, 5.41) is 6.94. The Labute approximate surface area is 114 Å². The second kappa shape index (κ2) is 4.44. The van der Waals surface area contributed by atoms with Gasteiger partial charge in [-0.25, -0.2) is 9.97 Å². The van der Waals surface area contributed by atoms with Crippen LogP contribution in [0.5, 0.6) is 0 Å². The van der Waals surface area contributed by atoms with Gasteiger partial charge in [-0.1, -0.05) is 0 Å². The van der Waals surface area contributed by atoms with Gasteiger partial charge in [0.05, 0.1) is 0 Å². The van der Waals surface area contributed by atoms with E-state index in [9.17, 15) is 4.79 Å². The van der Waals surface area contributed by atoms with Gasteiger partial charge in [0, 0.05) is 13.0 Å². The van der Waals surface area contributed by atoms with Gasteiger partial charge in [0.1, 0.15) is 17.4 Å². The van der Waals surface area contributed by atoms with E-state index in [1.165, 1.54) is 6.92 Å². The predicted molar refractivity (Wildman–Crippen MR) is 72.3 cm³/mol. The molecule has 0 aliphatic heterocycles. The van der Waals surface area contributed by atoms with Crippen molar-refractivity contribution >= 4 is 17.4 Å². The summed E-state index contributed by atoms with van der Waals surface area (Å²) in [4.78, 5) is 19.9. The van der Waals surface area contributed by atoms with Crippen LogP contribution < -0.4 is 5.32 Å². The minimum absolute atomic E-state index is 0.195. The van der Waals surface area contributed by atoms with E-state index in [1.54, 1.807) is 17.5 Å².